The highest BCUT2D eigenvalue weighted by atomic mass is 127. The maximum Gasteiger partial charge on any atom is 0.191 e. The number of H-pyrrole nitrogens is 1. The van der Waals surface area contributed by atoms with E-state index in [0.29, 0.717) is 0 Å². The van der Waals surface area contributed by atoms with Crippen LogP contribution in [0.1, 0.15) is 22.3 Å². The van der Waals surface area contributed by atoms with Crippen molar-refractivity contribution in [3.8, 4) is 0 Å². The Morgan fingerprint density at radius 3 is 2.59 bits per heavy atom. The minimum atomic E-state index is 0. The lowest BCUT2D eigenvalue weighted by atomic mass is 10.1. The Morgan fingerprint density at radius 1 is 1.03 bits per heavy atom. The number of aromatic nitrogens is 1. The number of guanidine groups is 1. The summed E-state index contributed by atoms with van der Waals surface area (Å²) in [6, 6.07) is 15.1. The second kappa shape index (κ2) is 12.2. The van der Waals surface area contributed by atoms with Gasteiger partial charge in [0.15, 0.2) is 5.96 Å². The topological polar surface area (TPSA) is 64.7 Å². The maximum absolute atomic E-state index is 5.47. The van der Waals surface area contributed by atoms with E-state index in [-0.39, 0.29) is 24.0 Å². The average molecular weight is 547 g/mol. The van der Waals surface area contributed by atoms with Crippen LogP contribution in [-0.4, -0.2) is 55.7 Å². The van der Waals surface area contributed by atoms with Crippen LogP contribution in [0.3, 0.4) is 0 Å². The third-order valence-corrected chi connectivity index (χ3v) is 5.98. The van der Waals surface area contributed by atoms with Crippen LogP contribution in [-0.2, 0) is 24.2 Å². The molecule has 0 spiro atoms. The molecule has 0 unspecified atom stereocenters. The molecule has 2 aromatic carbocycles. The smallest absolute Gasteiger partial charge is 0.191 e. The molecule has 0 amide bonds. The van der Waals surface area contributed by atoms with Crippen LogP contribution in [0.4, 0.5) is 0 Å². The summed E-state index contributed by atoms with van der Waals surface area (Å²) < 4.78 is 5.47. The largest absolute Gasteiger partial charge is 0.379 e. The first-order valence-electron chi connectivity index (χ1n) is 11.1. The van der Waals surface area contributed by atoms with Gasteiger partial charge < -0.3 is 20.4 Å². The number of nitrogens with one attached hydrogen (secondary N) is 3. The number of hydrogen-bond donors (Lipinski definition) is 3. The molecule has 0 radical (unpaired) electrons. The molecule has 32 heavy (non-hydrogen) atoms. The molecular weight excluding hydrogens is 513 g/mol. The fourth-order valence-corrected chi connectivity index (χ4v) is 4.17. The zero-order valence-electron chi connectivity index (χ0n) is 19.0. The van der Waals surface area contributed by atoms with Gasteiger partial charge in [0.1, 0.15) is 0 Å². The van der Waals surface area contributed by atoms with Crippen molar-refractivity contribution >= 4 is 40.8 Å². The molecule has 1 saturated heterocycles. The Hall–Kier alpha value is -2.10. The zero-order chi connectivity index (χ0) is 21.5. The molecule has 3 aromatic rings. The number of fused-ring (bicyclic) bond motifs is 1. The summed E-state index contributed by atoms with van der Waals surface area (Å²) in [6.45, 7) is 8.34. The van der Waals surface area contributed by atoms with Gasteiger partial charge in [-0.3, -0.25) is 9.89 Å². The van der Waals surface area contributed by atoms with E-state index in [1.807, 2.05) is 7.05 Å². The van der Waals surface area contributed by atoms with Crippen molar-refractivity contribution in [3.05, 3.63) is 70.9 Å². The minimum absolute atomic E-state index is 0. The molecule has 0 aliphatic carbocycles. The number of ether oxygens (including phenoxy) is 1. The summed E-state index contributed by atoms with van der Waals surface area (Å²) in [6.07, 6.45) is 3.06. The molecular formula is C25H34IN5O. The van der Waals surface area contributed by atoms with Crippen molar-refractivity contribution in [3.63, 3.8) is 0 Å². The average Bonchev–Trinajstić information content (AvgIpc) is 3.22. The lowest BCUT2D eigenvalue weighted by molar-refractivity contribution is 0.0341. The van der Waals surface area contributed by atoms with E-state index < -0.39 is 0 Å². The van der Waals surface area contributed by atoms with Gasteiger partial charge in [-0.25, -0.2) is 0 Å². The van der Waals surface area contributed by atoms with Gasteiger partial charge in [-0.2, -0.15) is 0 Å². The predicted octanol–water partition coefficient (Wildman–Crippen LogP) is 3.83. The van der Waals surface area contributed by atoms with E-state index in [9.17, 15) is 0 Å². The lowest BCUT2D eigenvalue weighted by Crippen LogP contribution is -2.38. The van der Waals surface area contributed by atoms with E-state index in [1.165, 1.54) is 33.2 Å². The summed E-state index contributed by atoms with van der Waals surface area (Å²) in [4.78, 5) is 10.3. The highest BCUT2D eigenvalue weighted by Crippen LogP contribution is 2.21. The Balaban J connectivity index is 0.00000289. The third-order valence-electron chi connectivity index (χ3n) is 5.98. The monoisotopic (exact) mass is 547 g/mol. The first-order chi connectivity index (χ1) is 15.2. The molecule has 1 aliphatic heterocycles. The van der Waals surface area contributed by atoms with Crippen LogP contribution in [0.25, 0.3) is 10.9 Å². The number of aliphatic imine (C=N–C) groups is 1. The highest BCUT2D eigenvalue weighted by molar-refractivity contribution is 14.0. The highest BCUT2D eigenvalue weighted by Gasteiger charge is 2.13. The fraction of sp³-hybridized carbons (Fsp3) is 0.400. The molecule has 4 rings (SSSR count). The standard InChI is InChI=1S/C25H33N5O.HI/c1-19-6-5-9-23-21(17-28-24(19)23)10-11-27-25(26-2)29-16-20-7-3-4-8-22(20)18-30-12-14-31-15-13-30;/h3-9,17,28H,10-16,18H2,1-2H3,(H2,26,27,29);1H. The first kappa shape index (κ1) is 24.5. The van der Waals surface area contributed by atoms with Crippen LogP contribution in [0.15, 0.2) is 53.7 Å². The van der Waals surface area contributed by atoms with Gasteiger partial charge in [-0.15, -0.1) is 24.0 Å². The lowest BCUT2D eigenvalue weighted by Gasteiger charge is -2.27. The van der Waals surface area contributed by atoms with Crippen LogP contribution in [0.2, 0.25) is 0 Å². The number of morpholine rings is 1. The molecule has 0 saturated carbocycles. The predicted molar refractivity (Wildman–Crippen MR) is 143 cm³/mol. The molecule has 0 bridgehead atoms. The van der Waals surface area contributed by atoms with Crippen LogP contribution < -0.4 is 10.6 Å². The molecule has 7 heteroatoms. The number of aryl methyl sites for hydroxylation is 1. The number of hydrogen-bond acceptors (Lipinski definition) is 3. The van der Waals surface area contributed by atoms with E-state index in [0.717, 1.165) is 58.3 Å². The Bertz CT molecular complexity index is 1030. The Morgan fingerprint density at radius 2 is 1.81 bits per heavy atom. The van der Waals surface area contributed by atoms with Crippen molar-refractivity contribution in [1.82, 2.24) is 20.5 Å². The summed E-state index contributed by atoms with van der Waals surface area (Å²) in [5, 5.41) is 8.24. The summed E-state index contributed by atoms with van der Waals surface area (Å²) >= 11 is 0. The van der Waals surface area contributed by atoms with Crippen molar-refractivity contribution in [2.45, 2.75) is 26.4 Å². The molecule has 1 aromatic heterocycles. The second-order valence-electron chi connectivity index (χ2n) is 8.07. The fourth-order valence-electron chi connectivity index (χ4n) is 4.17. The molecule has 6 nitrogen and oxygen atoms in total. The summed E-state index contributed by atoms with van der Waals surface area (Å²) in [5.41, 5.74) is 6.52. The second-order valence-corrected chi connectivity index (χ2v) is 8.07. The van der Waals surface area contributed by atoms with Crippen molar-refractivity contribution in [2.24, 2.45) is 4.99 Å². The minimum Gasteiger partial charge on any atom is -0.379 e. The number of halogens is 1. The third kappa shape index (κ3) is 6.24. The normalized spacial score (nSPS) is 14.9. The maximum atomic E-state index is 5.47. The number of para-hydroxylation sites is 1. The number of benzene rings is 2. The molecule has 3 N–H and O–H groups in total. The van der Waals surface area contributed by atoms with E-state index in [1.54, 1.807) is 0 Å². The molecule has 0 atom stereocenters. The number of rotatable bonds is 7. The van der Waals surface area contributed by atoms with Gasteiger partial charge in [-0.05, 0) is 35.6 Å². The zero-order valence-corrected chi connectivity index (χ0v) is 21.3. The van der Waals surface area contributed by atoms with E-state index >= 15 is 0 Å². The number of nitrogens with zero attached hydrogens (tertiary/aromatic N) is 2. The molecule has 1 fully saturated rings. The van der Waals surface area contributed by atoms with Crippen LogP contribution in [0.5, 0.6) is 0 Å². The summed E-state index contributed by atoms with van der Waals surface area (Å²) in [7, 11) is 1.82. The quantitative estimate of drug-likeness (QED) is 0.239. The number of aromatic amines is 1. The molecule has 1 aliphatic rings. The van der Waals surface area contributed by atoms with Crippen molar-refractivity contribution in [2.75, 3.05) is 39.9 Å². The van der Waals surface area contributed by atoms with Gasteiger partial charge in [0.25, 0.3) is 0 Å². The summed E-state index contributed by atoms with van der Waals surface area (Å²) in [5.74, 6) is 0.831. The van der Waals surface area contributed by atoms with Gasteiger partial charge in [0.2, 0.25) is 0 Å². The SMILES string of the molecule is CN=C(NCCc1c[nH]c2c(C)cccc12)NCc1ccccc1CN1CCOCC1.I. The first-order valence-corrected chi connectivity index (χ1v) is 11.1. The van der Waals surface area contributed by atoms with E-state index in [2.05, 4.69) is 81.1 Å². The van der Waals surface area contributed by atoms with Crippen molar-refractivity contribution in [1.29, 1.82) is 0 Å². The Kier molecular flexibility index (Phi) is 9.37. The molecule has 172 valence electrons. The van der Waals surface area contributed by atoms with Gasteiger partial charge >= 0.3 is 0 Å². The van der Waals surface area contributed by atoms with Gasteiger partial charge in [-0.1, -0.05) is 42.5 Å². The van der Waals surface area contributed by atoms with Gasteiger partial charge in [0.05, 0.1) is 13.2 Å². The van der Waals surface area contributed by atoms with E-state index in [4.69, 9.17) is 4.74 Å². The van der Waals surface area contributed by atoms with Crippen LogP contribution in [0, 0.1) is 6.92 Å². The van der Waals surface area contributed by atoms with Crippen LogP contribution >= 0.6 is 24.0 Å². The van der Waals surface area contributed by atoms with Gasteiger partial charge in [0, 0.05) is 56.9 Å². The molecule has 2 heterocycles. The van der Waals surface area contributed by atoms with Crippen molar-refractivity contribution < 1.29 is 4.74 Å². The Labute approximate surface area is 207 Å².